The fourth-order valence-corrected chi connectivity index (χ4v) is 3.75. The molecule has 1 aliphatic rings. The minimum Gasteiger partial charge on any atom is -0.324 e. The molecule has 30 heavy (non-hydrogen) atoms. The number of benzene rings is 1. The van der Waals surface area contributed by atoms with Crippen molar-refractivity contribution in [2.24, 2.45) is 14.1 Å². The summed E-state index contributed by atoms with van der Waals surface area (Å²) in [7, 11) is 2.91. The highest BCUT2D eigenvalue weighted by molar-refractivity contribution is 5.98. The molecule has 10 heteroatoms. The van der Waals surface area contributed by atoms with Gasteiger partial charge in [-0.1, -0.05) is 6.07 Å². The molecule has 156 valence electrons. The van der Waals surface area contributed by atoms with Crippen LogP contribution in [0.15, 0.2) is 34.1 Å². The number of imidazole rings is 1. The van der Waals surface area contributed by atoms with E-state index in [4.69, 9.17) is 0 Å². The Labute approximate surface area is 171 Å². The van der Waals surface area contributed by atoms with Crippen LogP contribution in [0.4, 0.5) is 11.4 Å². The largest absolute Gasteiger partial charge is 0.332 e. The number of fused-ring (bicyclic) bond motifs is 1. The number of amides is 2. The molecule has 3 heterocycles. The summed E-state index contributed by atoms with van der Waals surface area (Å²) < 4.78 is 3.67. The molecule has 0 atom stereocenters. The molecule has 1 aliphatic heterocycles. The van der Waals surface area contributed by atoms with E-state index in [9.17, 15) is 19.2 Å². The van der Waals surface area contributed by atoms with Gasteiger partial charge >= 0.3 is 5.69 Å². The van der Waals surface area contributed by atoms with Gasteiger partial charge in [0.15, 0.2) is 11.2 Å². The maximum atomic E-state index is 12.6. The lowest BCUT2D eigenvalue weighted by Gasteiger charge is -2.19. The highest BCUT2D eigenvalue weighted by atomic mass is 16.2. The first-order valence-electron chi connectivity index (χ1n) is 9.59. The summed E-state index contributed by atoms with van der Waals surface area (Å²) in [6, 6.07) is 5.41. The number of carbonyl (C=O) groups excluding carboxylic acids is 2. The van der Waals surface area contributed by atoms with Crippen LogP contribution >= 0.6 is 0 Å². The SMILES string of the molecule is Cc1ccc(NC(=O)Cn2cnc3c2c(=O)n(C)c(=O)n3C)cc1N1CCCC1=O. The van der Waals surface area contributed by atoms with E-state index in [0.29, 0.717) is 18.7 Å². The number of aromatic nitrogens is 4. The smallest absolute Gasteiger partial charge is 0.324 e. The average molecular weight is 410 g/mol. The Morgan fingerprint density at radius 1 is 1.17 bits per heavy atom. The molecule has 0 saturated carbocycles. The van der Waals surface area contributed by atoms with Gasteiger partial charge in [0, 0.05) is 38.4 Å². The molecular weight excluding hydrogens is 388 g/mol. The molecule has 1 fully saturated rings. The number of carbonyl (C=O) groups is 2. The second-order valence-corrected chi connectivity index (χ2v) is 7.45. The summed E-state index contributed by atoms with van der Waals surface area (Å²) in [5.41, 5.74) is 1.71. The Kier molecular flexibility index (Phi) is 4.76. The zero-order chi connectivity index (χ0) is 21.6. The number of hydrogen-bond acceptors (Lipinski definition) is 5. The lowest BCUT2D eigenvalue weighted by atomic mass is 10.1. The van der Waals surface area contributed by atoms with E-state index in [1.54, 1.807) is 17.0 Å². The monoisotopic (exact) mass is 410 g/mol. The van der Waals surface area contributed by atoms with Crippen LogP contribution in [0.2, 0.25) is 0 Å². The Balaban J connectivity index is 1.60. The van der Waals surface area contributed by atoms with Crippen LogP contribution < -0.4 is 21.5 Å². The van der Waals surface area contributed by atoms with Gasteiger partial charge in [0.1, 0.15) is 6.54 Å². The van der Waals surface area contributed by atoms with Crippen molar-refractivity contribution in [2.45, 2.75) is 26.3 Å². The molecule has 1 N–H and O–H groups in total. The molecule has 1 aromatic carbocycles. The van der Waals surface area contributed by atoms with Gasteiger partial charge in [-0.05, 0) is 31.0 Å². The average Bonchev–Trinajstić information content (AvgIpc) is 3.32. The van der Waals surface area contributed by atoms with Crippen LogP contribution in [-0.2, 0) is 30.2 Å². The fourth-order valence-electron chi connectivity index (χ4n) is 3.75. The van der Waals surface area contributed by atoms with Crippen LogP contribution in [0.5, 0.6) is 0 Å². The number of nitrogens with one attached hydrogen (secondary N) is 1. The van der Waals surface area contributed by atoms with Crippen LogP contribution in [0, 0.1) is 6.92 Å². The molecular formula is C20H22N6O4. The van der Waals surface area contributed by atoms with Gasteiger partial charge in [0.25, 0.3) is 5.56 Å². The first kappa shape index (κ1) is 19.6. The second-order valence-electron chi connectivity index (χ2n) is 7.45. The van der Waals surface area contributed by atoms with Gasteiger partial charge in [-0.2, -0.15) is 0 Å². The van der Waals surface area contributed by atoms with Crippen molar-refractivity contribution in [1.82, 2.24) is 18.7 Å². The molecule has 2 aromatic heterocycles. The Hall–Kier alpha value is -3.69. The van der Waals surface area contributed by atoms with Crippen LogP contribution in [-0.4, -0.2) is 37.0 Å². The molecule has 0 spiro atoms. The maximum Gasteiger partial charge on any atom is 0.332 e. The third kappa shape index (κ3) is 3.19. The van der Waals surface area contributed by atoms with Crippen molar-refractivity contribution in [3.63, 3.8) is 0 Å². The second kappa shape index (κ2) is 7.29. The van der Waals surface area contributed by atoms with Gasteiger partial charge in [-0.25, -0.2) is 9.78 Å². The Bertz CT molecular complexity index is 1300. The standard InChI is InChI=1S/C20H22N6O4/c1-12-6-7-13(9-14(12)26-8-4-5-16(26)28)22-15(27)10-25-11-21-18-17(25)19(29)24(3)20(30)23(18)2/h6-7,9,11H,4-5,8,10H2,1-3H3,(H,22,27). The third-order valence-corrected chi connectivity index (χ3v) is 5.39. The Morgan fingerprint density at radius 3 is 2.63 bits per heavy atom. The summed E-state index contributed by atoms with van der Waals surface area (Å²) in [5, 5.41) is 2.81. The lowest BCUT2D eigenvalue weighted by Crippen LogP contribution is -2.37. The van der Waals surface area contributed by atoms with Crippen molar-refractivity contribution < 1.29 is 9.59 Å². The highest BCUT2D eigenvalue weighted by Gasteiger charge is 2.23. The molecule has 3 aromatic rings. The zero-order valence-corrected chi connectivity index (χ0v) is 17.0. The molecule has 4 rings (SSSR count). The van der Waals surface area contributed by atoms with Crippen LogP contribution in [0.3, 0.4) is 0 Å². The predicted molar refractivity (Wildman–Crippen MR) is 112 cm³/mol. The first-order chi connectivity index (χ1) is 14.3. The number of anilines is 2. The van der Waals surface area contributed by atoms with Gasteiger partial charge in [-0.3, -0.25) is 23.5 Å². The van der Waals surface area contributed by atoms with E-state index >= 15 is 0 Å². The van der Waals surface area contributed by atoms with Crippen molar-refractivity contribution in [2.75, 3.05) is 16.8 Å². The van der Waals surface area contributed by atoms with E-state index in [1.165, 1.54) is 29.6 Å². The van der Waals surface area contributed by atoms with Crippen LogP contribution in [0.25, 0.3) is 11.2 Å². The van der Waals surface area contributed by atoms with Gasteiger partial charge < -0.3 is 14.8 Å². The minimum absolute atomic E-state index is 0.0768. The number of hydrogen-bond donors (Lipinski definition) is 1. The number of aryl methyl sites for hydroxylation is 2. The molecule has 0 bridgehead atoms. The Morgan fingerprint density at radius 2 is 1.93 bits per heavy atom. The molecule has 0 unspecified atom stereocenters. The summed E-state index contributed by atoms with van der Waals surface area (Å²) >= 11 is 0. The molecule has 1 saturated heterocycles. The van der Waals surface area contributed by atoms with E-state index in [2.05, 4.69) is 10.3 Å². The van der Waals surface area contributed by atoms with Crippen molar-refractivity contribution >= 4 is 34.4 Å². The first-order valence-corrected chi connectivity index (χ1v) is 9.59. The topological polar surface area (TPSA) is 111 Å². The molecule has 0 radical (unpaired) electrons. The number of nitrogens with zero attached hydrogens (tertiary/aromatic N) is 5. The molecule has 2 amide bonds. The van der Waals surface area contributed by atoms with E-state index < -0.39 is 11.2 Å². The predicted octanol–water partition coefficient (Wildman–Crippen LogP) is 0.508. The number of rotatable bonds is 4. The van der Waals surface area contributed by atoms with Gasteiger partial charge in [0.05, 0.1) is 6.33 Å². The summed E-state index contributed by atoms with van der Waals surface area (Å²) in [6.45, 7) is 2.44. The lowest BCUT2D eigenvalue weighted by molar-refractivity contribution is -0.117. The van der Waals surface area contributed by atoms with Gasteiger partial charge in [0.2, 0.25) is 11.8 Å². The third-order valence-electron chi connectivity index (χ3n) is 5.39. The van der Waals surface area contributed by atoms with E-state index in [1.807, 2.05) is 13.0 Å². The zero-order valence-electron chi connectivity index (χ0n) is 17.0. The quantitative estimate of drug-likeness (QED) is 0.674. The van der Waals surface area contributed by atoms with Crippen LogP contribution in [0.1, 0.15) is 18.4 Å². The summed E-state index contributed by atoms with van der Waals surface area (Å²) in [4.78, 5) is 55.1. The van der Waals surface area contributed by atoms with E-state index in [0.717, 1.165) is 22.2 Å². The van der Waals surface area contributed by atoms with Crippen molar-refractivity contribution in [1.29, 1.82) is 0 Å². The normalized spacial score (nSPS) is 14.0. The highest BCUT2D eigenvalue weighted by Crippen LogP contribution is 2.28. The maximum absolute atomic E-state index is 12.6. The minimum atomic E-state index is -0.511. The fraction of sp³-hybridized carbons (Fsp3) is 0.350. The molecule has 10 nitrogen and oxygen atoms in total. The summed E-state index contributed by atoms with van der Waals surface area (Å²) in [6.07, 6.45) is 2.72. The van der Waals surface area contributed by atoms with Gasteiger partial charge in [-0.15, -0.1) is 0 Å². The molecule has 0 aliphatic carbocycles. The van der Waals surface area contributed by atoms with Crippen molar-refractivity contribution in [3.05, 3.63) is 50.9 Å². The van der Waals surface area contributed by atoms with E-state index in [-0.39, 0.29) is 29.5 Å². The van der Waals surface area contributed by atoms with Crippen molar-refractivity contribution in [3.8, 4) is 0 Å². The summed E-state index contributed by atoms with van der Waals surface area (Å²) in [5.74, 6) is -0.277.